The number of ether oxygens (including phenoxy) is 2. The maximum absolute atomic E-state index is 12.0. The van der Waals surface area contributed by atoms with Crippen molar-refractivity contribution >= 4 is 12.0 Å². The van der Waals surface area contributed by atoms with Gasteiger partial charge in [0.2, 0.25) is 0 Å². The maximum atomic E-state index is 12.0. The zero-order valence-electron chi connectivity index (χ0n) is 13.4. The molecule has 0 aromatic heterocycles. The van der Waals surface area contributed by atoms with Crippen molar-refractivity contribution in [1.82, 2.24) is 0 Å². The first-order valence-electron chi connectivity index (χ1n) is 7.73. The van der Waals surface area contributed by atoms with Crippen LogP contribution in [0.3, 0.4) is 0 Å². The zero-order chi connectivity index (χ0) is 16.2. The van der Waals surface area contributed by atoms with Gasteiger partial charge in [-0.3, -0.25) is 0 Å². The normalized spacial score (nSPS) is 16.4. The Morgan fingerprint density at radius 1 is 1.13 bits per heavy atom. The van der Waals surface area contributed by atoms with E-state index in [4.69, 9.17) is 9.47 Å². The molecule has 2 aromatic carbocycles. The van der Waals surface area contributed by atoms with Crippen molar-refractivity contribution in [3.05, 3.63) is 76.4 Å². The lowest BCUT2D eigenvalue weighted by atomic mass is 9.87. The van der Waals surface area contributed by atoms with Gasteiger partial charge in [-0.15, -0.1) is 0 Å². The molecule has 3 rings (SSSR count). The third-order valence-corrected chi connectivity index (χ3v) is 4.17. The van der Waals surface area contributed by atoms with Gasteiger partial charge in [-0.1, -0.05) is 48.5 Å². The zero-order valence-corrected chi connectivity index (χ0v) is 13.4. The molecule has 118 valence electrons. The summed E-state index contributed by atoms with van der Waals surface area (Å²) in [6.07, 6.45) is 2.33. The van der Waals surface area contributed by atoms with Gasteiger partial charge in [0.05, 0.1) is 19.8 Å². The molecule has 0 heterocycles. The number of hydrogen-bond donors (Lipinski definition) is 0. The van der Waals surface area contributed by atoms with Crippen LogP contribution in [0.15, 0.2) is 54.1 Å². The molecule has 1 aliphatic rings. The molecule has 23 heavy (non-hydrogen) atoms. The van der Waals surface area contributed by atoms with Gasteiger partial charge < -0.3 is 9.47 Å². The highest BCUT2D eigenvalue weighted by Crippen LogP contribution is 2.36. The first kappa shape index (κ1) is 15.5. The fourth-order valence-corrected chi connectivity index (χ4v) is 2.92. The summed E-state index contributed by atoms with van der Waals surface area (Å²) in [5.74, 6) is -0.285. The van der Waals surface area contributed by atoms with Crippen LogP contribution in [0.2, 0.25) is 0 Å². The standard InChI is InChI=1S/C20H20O3/c1-14-7-6-10-17-18(14)11-16(20(21)22-2)12-19(17)23-13-15-8-4-3-5-9-15/h3-11,19H,12-13H2,1-2H3. The molecule has 0 radical (unpaired) electrons. The average molecular weight is 308 g/mol. The Labute approximate surface area is 136 Å². The van der Waals surface area contributed by atoms with Gasteiger partial charge in [0, 0.05) is 12.0 Å². The van der Waals surface area contributed by atoms with Gasteiger partial charge >= 0.3 is 5.97 Å². The van der Waals surface area contributed by atoms with Crippen LogP contribution in [0, 0.1) is 6.92 Å². The third kappa shape index (κ3) is 3.35. The molecule has 0 saturated heterocycles. The number of carbonyl (C=O) groups excluding carboxylic acids is 1. The smallest absolute Gasteiger partial charge is 0.333 e. The first-order valence-corrected chi connectivity index (χ1v) is 7.73. The summed E-state index contributed by atoms with van der Waals surface area (Å²) in [7, 11) is 1.41. The molecule has 1 atom stereocenters. The van der Waals surface area contributed by atoms with E-state index >= 15 is 0 Å². The van der Waals surface area contributed by atoms with Crippen molar-refractivity contribution in [3.63, 3.8) is 0 Å². The van der Waals surface area contributed by atoms with Gasteiger partial charge in [-0.25, -0.2) is 4.79 Å². The molecule has 0 fully saturated rings. The molecule has 0 amide bonds. The Bertz CT molecular complexity index is 732. The van der Waals surface area contributed by atoms with E-state index in [-0.39, 0.29) is 12.1 Å². The lowest BCUT2D eigenvalue weighted by Gasteiger charge is -2.26. The Kier molecular flexibility index (Phi) is 4.58. The summed E-state index contributed by atoms with van der Waals surface area (Å²) in [5.41, 5.74) is 5.12. The van der Waals surface area contributed by atoms with Gasteiger partial charge in [0.1, 0.15) is 0 Å². The molecule has 1 aliphatic carbocycles. The second kappa shape index (κ2) is 6.80. The first-order chi connectivity index (χ1) is 11.2. The molecule has 0 bridgehead atoms. The highest BCUT2D eigenvalue weighted by atomic mass is 16.5. The molecule has 2 aromatic rings. The molecule has 1 unspecified atom stereocenters. The summed E-state index contributed by atoms with van der Waals surface area (Å²) in [4.78, 5) is 12.0. The number of aryl methyl sites for hydroxylation is 1. The number of fused-ring (bicyclic) bond motifs is 1. The van der Waals surface area contributed by atoms with Gasteiger partial charge in [0.25, 0.3) is 0 Å². The van der Waals surface area contributed by atoms with Crippen LogP contribution in [0.5, 0.6) is 0 Å². The fourth-order valence-electron chi connectivity index (χ4n) is 2.92. The van der Waals surface area contributed by atoms with Crippen molar-refractivity contribution in [3.8, 4) is 0 Å². The summed E-state index contributed by atoms with van der Waals surface area (Å²) < 4.78 is 11.0. The SMILES string of the molecule is COC(=O)C1=Cc2c(C)cccc2C(OCc2ccccc2)C1. The highest BCUT2D eigenvalue weighted by Gasteiger charge is 2.26. The minimum Gasteiger partial charge on any atom is -0.466 e. The molecular formula is C20H20O3. The Morgan fingerprint density at radius 2 is 1.91 bits per heavy atom. The van der Waals surface area contributed by atoms with E-state index < -0.39 is 0 Å². The van der Waals surface area contributed by atoms with Crippen molar-refractivity contribution in [2.24, 2.45) is 0 Å². The fraction of sp³-hybridized carbons (Fsp3) is 0.250. The van der Waals surface area contributed by atoms with E-state index in [2.05, 4.69) is 6.07 Å². The van der Waals surface area contributed by atoms with Gasteiger partial charge in [-0.05, 0) is 35.3 Å². The maximum Gasteiger partial charge on any atom is 0.333 e. The van der Waals surface area contributed by atoms with Gasteiger partial charge in [-0.2, -0.15) is 0 Å². The third-order valence-electron chi connectivity index (χ3n) is 4.17. The van der Waals surface area contributed by atoms with Gasteiger partial charge in [0.15, 0.2) is 0 Å². The van der Waals surface area contributed by atoms with E-state index in [1.54, 1.807) is 0 Å². The van der Waals surface area contributed by atoms with Crippen LogP contribution in [0.1, 0.15) is 34.8 Å². The lowest BCUT2D eigenvalue weighted by Crippen LogP contribution is -2.17. The van der Waals surface area contributed by atoms with Crippen molar-refractivity contribution in [2.75, 3.05) is 7.11 Å². The number of esters is 1. The molecule has 0 aliphatic heterocycles. The van der Waals surface area contributed by atoms with Crippen molar-refractivity contribution in [2.45, 2.75) is 26.1 Å². The quantitative estimate of drug-likeness (QED) is 0.794. The summed E-state index contributed by atoms with van der Waals surface area (Å²) in [6.45, 7) is 2.57. The van der Waals surface area contributed by atoms with E-state index in [1.165, 1.54) is 7.11 Å². The minimum absolute atomic E-state index is 0.135. The van der Waals surface area contributed by atoms with Crippen LogP contribution in [-0.4, -0.2) is 13.1 Å². The summed E-state index contributed by atoms with van der Waals surface area (Å²) >= 11 is 0. The number of benzene rings is 2. The van der Waals surface area contributed by atoms with Crippen molar-refractivity contribution < 1.29 is 14.3 Å². The highest BCUT2D eigenvalue weighted by molar-refractivity contribution is 5.95. The molecule has 0 spiro atoms. The molecular weight excluding hydrogens is 288 g/mol. The number of rotatable bonds is 4. The van der Waals surface area contributed by atoms with E-state index in [0.29, 0.717) is 18.6 Å². The van der Waals surface area contributed by atoms with E-state index in [1.807, 2.05) is 55.5 Å². The number of carbonyl (C=O) groups is 1. The van der Waals surface area contributed by atoms with Crippen LogP contribution in [0.4, 0.5) is 0 Å². The van der Waals surface area contributed by atoms with Crippen molar-refractivity contribution in [1.29, 1.82) is 0 Å². The monoisotopic (exact) mass is 308 g/mol. The summed E-state index contributed by atoms with van der Waals surface area (Å²) in [5, 5.41) is 0. The predicted octanol–water partition coefficient (Wildman–Crippen LogP) is 4.21. The topological polar surface area (TPSA) is 35.5 Å². The minimum atomic E-state index is -0.285. The Morgan fingerprint density at radius 3 is 2.65 bits per heavy atom. The van der Waals surface area contributed by atoms with Crippen LogP contribution in [-0.2, 0) is 20.9 Å². The second-order valence-corrected chi connectivity index (χ2v) is 5.73. The van der Waals surface area contributed by atoms with Crippen LogP contribution < -0.4 is 0 Å². The van der Waals surface area contributed by atoms with Crippen LogP contribution in [0.25, 0.3) is 6.08 Å². The van der Waals surface area contributed by atoms with Crippen LogP contribution >= 0.6 is 0 Å². The number of methoxy groups -OCH3 is 1. The molecule has 3 heteroatoms. The number of hydrogen-bond acceptors (Lipinski definition) is 3. The van der Waals surface area contributed by atoms with E-state index in [9.17, 15) is 4.79 Å². The summed E-state index contributed by atoms with van der Waals surface area (Å²) in [6, 6.07) is 16.2. The van der Waals surface area contributed by atoms with E-state index in [0.717, 1.165) is 22.3 Å². The Balaban J connectivity index is 1.87. The Hall–Kier alpha value is -2.39. The largest absolute Gasteiger partial charge is 0.466 e. The molecule has 0 N–H and O–H groups in total. The lowest BCUT2D eigenvalue weighted by molar-refractivity contribution is -0.136. The average Bonchev–Trinajstić information content (AvgIpc) is 2.60. The second-order valence-electron chi connectivity index (χ2n) is 5.73. The molecule has 3 nitrogen and oxygen atoms in total. The predicted molar refractivity (Wildman–Crippen MR) is 89.8 cm³/mol. The molecule has 0 saturated carbocycles.